The van der Waals surface area contributed by atoms with Crippen LogP contribution in [0.15, 0.2) is 53.6 Å². The fourth-order valence-corrected chi connectivity index (χ4v) is 4.25. The summed E-state index contributed by atoms with van der Waals surface area (Å²) in [7, 11) is 0. The van der Waals surface area contributed by atoms with Crippen molar-refractivity contribution in [2.24, 2.45) is 4.99 Å². The zero-order chi connectivity index (χ0) is 16.2. The first-order valence-electron chi connectivity index (χ1n) is 7.93. The van der Waals surface area contributed by atoms with Gasteiger partial charge in [0.25, 0.3) is 0 Å². The lowest BCUT2D eigenvalue weighted by Crippen LogP contribution is -2.28. The maximum atomic E-state index is 4.25. The van der Waals surface area contributed by atoms with Gasteiger partial charge >= 0.3 is 0 Å². The monoisotopic (exact) mass is 322 g/mol. The van der Waals surface area contributed by atoms with Gasteiger partial charge in [0.05, 0.1) is 5.70 Å². The molecule has 3 rings (SSSR count). The first-order valence-corrected chi connectivity index (χ1v) is 8.75. The Morgan fingerprint density at radius 2 is 2.17 bits per heavy atom. The number of allylic oxidation sites excluding steroid dienone is 3. The number of rotatable bonds is 4. The van der Waals surface area contributed by atoms with E-state index in [2.05, 4.69) is 54.3 Å². The van der Waals surface area contributed by atoms with E-state index in [1.54, 1.807) is 0 Å². The predicted molar refractivity (Wildman–Crippen MR) is 101 cm³/mol. The largest absolute Gasteiger partial charge is 0.311 e. The van der Waals surface area contributed by atoms with Gasteiger partial charge in [-0.05, 0) is 43.8 Å². The van der Waals surface area contributed by atoms with Crippen LogP contribution >= 0.6 is 11.3 Å². The van der Waals surface area contributed by atoms with E-state index in [1.165, 1.54) is 26.4 Å². The summed E-state index contributed by atoms with van der Waals surface area (Å²) >= 11 is 1.90. The first-order chi connectivity index (χ1) is 11.2. The molecule has 2 heterocycles. The van der Waals surface area contributed by atoms with E-state index in [0.29, 0.717) is 5.92 Å². The lowest BCUT2D eigenvalue weighted by atomic mass is 9.85. The molecule has 0 aliphatic carbocycles. The van der Waals surface area contributed by atoms with Crippen molar-refractivity contribution in [3.8, 4) is 0 Å². The highest BCUT2D eigenvalue weighted by atomic mass is 32.1. The van der Waals surface area contributed by atoms with Gasteiger partial charge in [0.2, 0.25) is 0 Å². The Balaban J connectivity index is 2.10. The van der Waals surface area contributed by atoms with Crippen LogP contribution in [-0.4, -0.2) is 13.3 Å². The van der Waals surface area contributed by atoms with Gasteiger partial charge in [-0.25, -0.2) is 0 Å². The number of thiophene rings is 1. The van der Waals surface area contributed by atoms with Gasteiger partial charge < -0.3 is 5.32 Å². The van der Waals surface area contributed by atoms with Crippen LogP contribution in [0.25, 0.3) is 5.70 Å². The molecular formula is C20H22N2S. The molecule has 1 atom stereocenters. The van der Waals surface area contributed by atoms with Crippen molar-refractivity contribution < 1.29 is 0 Å². The molecule has 1 aromatic carbocycles. The van der Waals surface area contributed by atoms with Crippen LogP contribution in [0.5, 0.6) is 0 Å². The van der Waals surface area contributed by atoms with Crippen LogP contribution in [0.4, 0.5) is 0 Å². The quantitative estimate of drug-likeness (QED) is 0.628. The van der Waals surface area contributed by atoms with E-state index in [-0.39, 0.29) is 0 Å². The molecule has 1 unspecified atom stereocenters. The minimum Gasteiger partial charge on any atom is -0.311 e. The molecule has 1 aromatic heterocycles. The average Bonchev–Trinajstić information content (AvgIpc) is 2.96. The number of fused-ring (bicyclic) bond motifs is 1. The number of benzene rings is 1. The molecule has 2 nitrogen and oxygen atoms in total. The summed E-state index contributed by atoms with van der Waals surface area (Å²) in [5, 5.41) is 3.56. The molecule has 0 bridgehead atoms. The molecule has 3 heteroatoms. The molecule has 1 aliphatic rings. The van der Waals surface area contributed by atoms with Crippen LogP contribution in [-0.2, 0) is 6.54 Å². The normalized spacial score (nSPS) is 18.2. The van der Waals surface area contributed by atoms with E-state index >= 15 is 0 Å². The van der Waals surface area contributed by atoms with Crippen molar-refractivity contribution in [1.29, 1.82) is 0 Å². The summed E-state index contributed by atoms with van der Waals surface area (Å²) in [4.78, 5) is 7.09. The van der Waals surface area contributed by atoms with E-state index in [0.717, 1.165) is 18.8 Å². The summed E-state index contributed by atoms with van der Waals surface area (Å²) in [6, 6.07) is 10.9. The molecule has 0 amide bonds. The van der Waals surface area contributed by atoms with E-state index < -0.39 is 0 Å². The minimum atomic E-state index is 0.371. The fraction of sp³-hybridized carbons (Fsp3) is 0.250. The lowest BCUT2D eigenvalue weighted by molar-refractivity contribution is 0.600. The molecule has 0 fully saturated rings. The maximum absolute atomic E-state index is 4.25. The number of nitrogens with one attached hydrogen (secondary N) is 1. The second-order valence-electron chi connectivity index (χ2n) is 5.74. The Kier molecular flexibility index (Phi) is 4.89. The summed E-state index contributed by atoms with van der Waals surface area (Å²) in [5.41, 5.74) is 4.89. The lowest BCUT2D eigenvalue weighted by Gasteiger charge is -2.26. The van der Waals surface area contributed by atoms with Gasteiger partial charge in [-0.1, -0.05) is 36.4 Å². The fourth-order valence-electron chi connectivity index (χ4n) is 3.18. The standard InChI is InChI=1S/C20H22N2S/c1-4-5-10-19(21-3)16-9-7-6-8-15(16)18-12-22-13-20-17(18)11-14(2)23-20/h4-11,18,22H,3,12-13H2,1-2H3/b5-4-,19-10-. The van der Waals surface area contributed by atoms with E-state index in [1.807, 2.05) is 36.5 Å². The van der Waals surface area contributed by atoms with E-state index in [9.17, 15) is 0 Å². The summed E-state index contributed by atoms with van der Waals surface area (Å²) in [6.45, 7) is 9.90. The molecular weight excluding hydrogens is 300 g/mol. The highest BCUT2D eigenvalue weighted by molar-refractivity contribution is 7.12. The van der Waals surface area contributed by atoms with Crippen molar-refractivity contribution in [1.82, 2.24) is 5.32 Å². The van der Waals surface area contributed by atoms with Crippen molar-refractivity contribution in [2.75, 3.05) is 6.54 Å². The second kappa shape index (κ2) is 7.07. The molecule has 0 spiro atoms. The molecule has 1 aliphatic heterocycles. The van der Waals surface area contributed by atoms with Gasteiger partial charge in [-0.3, -0.25) is 4.99 Å². The van der Waals surface area contributed by atoms with Crippen LogP contribution in [0.3, 0.4) is 0 Å². The maximum Gasteiger partial charge on any atom is 0.0697 e. The van der Waals surface area contributed by atoms with Gasteiger partial charge in [-0.15, -0.1) is 11.3 Å². The summed E-state index contributed by atoms with van der Waals surface area (Å²) < 4.78 is 0. The Morgan fingerprint density at radius 3 is 2.96 bits per heavy atom. The summed E-state index contributed by atoms with van der Waals surface area (Å²) in [6.07, 6.45) is 6.05. The SMILES string of the molecule is C=N/C(=C\C=C/C)c1ccccc1C1CNCc2sc(C)cc21. The molecule has 118 valence electrons. The van der Waals surface area contributed by atoms with Crippen LogP contribution < -0.4 is 5.32 Å². The van der Waals surface area contributed by atoms with Crippen molar-refractivity contribution in [3.05, 3.63) is 75.0 Å². The van der Waals surface area contributed by atoms with Crippen LogP contribution in [0.2, 0.25) is 0 Å². The van der Waals surface area contributed by atoms with E-state index in [4.69, 9.17) is 0 Å². The Bertz CT molecular complexity index is 768. The molecule has 0 saturated carbocycles. The smallest absolute Gasteiger partial charge is 0.0697 e. The molecule has 0 radical (unpaired) electrons. The molecule has 1 N–H and O–H groups in total. The number of hydrogen-bond acceptors (Lipinski definition) is 3. The average molecular weight is 322 g/mol. The second-order valence-corrected chi connectivity index (χ2v) is 7.08. The minimum absolute atomic E-state index is 0.371. The van der Waals surface area contributed by atoms with Crippen molar-refractivity contribution in [2.45, 2.75) is 26.3 Å². The zero-order valence-electron chi connectivity index (χ0n) is 13.7. The van der Waals surface area contributed by atoms with Crippen LogP contribution in [0, 0.1) is 6.92 Å². The van der Waals surface area contributed by atoms with Crippen molar-refractivity contribution >= 4 is 23.8 Å². The highest BCUT2D eigenvalue weighted by Crippen LogP contribution is 2.38. The first kappa shape index (κ1) is 15.9. The molecule has 23 heavy (non-hydrogen) atoms. The Morgan fingerprint density at radius 1 is 1.35 bits per heavy atom. The number of hydrogen-bond donors (Lipinski definition) is 1. The Labute approximate surface area is 142 Å². The van der Waals surface area contributed by atoms with Gasteiger partial charge in [0.15, 0.2) is 0 Å². The predicted octanol–water partition coefficient (Wildman–Crippen LogP) is 4.91. The van der Waals surface area contributed by atoms with Crippen molar-refractivity contribution in [3.63, 3.8) is 0 Å². The third-order valence-corrected chi connectivity index (χ3v) is 5.27. The third kappa shape index (κ3) is 3.21. The zero-order valence-corrected chi connectivity index (χ0v) is 14.5. The van der Waals surface area contributed by atoms with Gasteiger partial charge in [0, 0.05) is 34.3 Å². The third-order valence-electron chi connectivity index (χ3n) is 4.20. The Hall–Kier alpha value is -1.97. The highest BCUT2D eigenvalue weighted by Gasteiger charge is 2.25. The number of nitrogens with zero attached hydrogens (tertiary/aromatic N) is 1. The molecule has 0 saturated heterocycles. The van der Waals surface area contributed by atoms with Gasteiger partial charge in [-0.2, -0.15) is 0 Å². The summed E-state index contributed by atoms with van der Waals surface area (Å²) in [5.74, 6) is 0.371. The number of aryl methyl sites for hydroxylation is 1. The van der Waals surface area contributed by atoms with Crippen LogP contribution in [0.1, 0.15) is 39.3 Å². The number of aliphatic imine (C=N–C) groups is 1. The topological polar surface area (TPSA) is 24.4 Å². The van der Waals surface area contributed by atoms with Gasteiger partial charge in [0.1, 0.15) is 0 Å². The molecule has 2 aromatic rings.